The van der Waals surface area contributed by atoms with E-state index in [0.29, 0.717) is 44.1 Å². The molecule has 170 valence electrons. The number of aromatic amines is 1. The standard InChI is InChI=1S/C25H26FN5O2/c26-19-6-8-20(9-7-19)30-13-15-31(16-14-30)25(32)12-11-24-29-28-23(33-24)10-5-18-17-27-22-4-2-1-3-21(18)22/h1-4,6-9,17,27H,5,10-16H2. The van der Waals surface area contributed by atoms with Crippen molar-refractivity contribution in [1.29, 1.82) is 0 Å². The maximum absolute atomic E-state index is 13.1. The topological polar surface area (TPSA) is 78.3 Å². The molecule has 8 heteroatoms. The SMILES string of the molecule is O=C(CCc1nnc(CCc2c[nH]c3ccccc23)o1)N1CCN(c2ccc(F)cc2)CC1. The number of anilines is 1. The fourth-order valence-corrected chi connectivity index (χ4v) is 4.31. The zero-order valence-corrected chi connectivity index (χ0v) is 18.3. The Kier molecular flexibility index (Phi) is 6.06. The van der Waals surface area contributed by atoms with Crippen LogP contribution in [-0.2, 0) is 24.1 Å². The highest BCUT2D eigenvalue weighted by Gasteiger charge is 2.22. The summed E-state index contributed by atoms with van der Waals surface area (Å²) in [6.07, 6.45) is 4.28. The molecule has 0 radical (unpaired) electrons. The normalized spacial score (nSPS) is 14.2. The zero-order chi connectivity index (χ0) is 22.6. The Morgan fingerprint density at radius 2 is 1.67 bits per heavy atom. The Balaban J connectivity index is 1.08. The predicted molar refractivity (Wildman–Crippen MR) is 124 cm³/mol. The van der Waals surface area contributed by atoms with Gasteiger partial charge in [-0.05, 0) is 42.3 Å². The van der Waals surface area contributed by atoms with Gasteiger partial charge in [0.1, 0.15) is 5.82 Å². The van der Waals surface area contributed by atoms with Crippen LogP contribution >= 0.6 is 0 Å². The molecule has 1 N–H and O–H groups in total. The Hall–Kier alpha value is -3.68. The van der Waals surface area contributed by atoms with E-state index in [1.165, 1.54) is 23.1 Å². The largest absolute Gasteiger partial charge is 0.425 e. The molecule has 3 heterocycles. The third-order valence-electron chi connectivity index (χ3n) is 6.17. The number of H-pyrrole nitrogens is 1. The fraction of sp³-hybridized carbons (Fsp3) is 0.320. The van der Waals surface area contributed by atoms with E-state index in [1.807, 2.05) is 23.2 Å². The molecule has 0 atom stereocenters. The van der Waals surface area contributed by atoms with Gasteiger partial charge in [-0.2, -0.15) is 0 Å². The summed E-state index contributed by atoms with van der Waals surface area (Å²) in [5.41, 5.74) is 3.32. The quantitative estimate of drug-likeness (QED) is 0.467. The van der Waals surface area contributed by atoms with E-state index in [-0.39, 0.29) is 11.7 Å². The lowest BCUT2D eigenvalue weighted by Crippen LogP contribution is -2.48. The van der Waals surface area contributed by atoms with Gasteiger partial charge in [-0.15, -0.1) is 10.2 Å². The number of halogens is 1. The first-order valence-corrected chi connectivity index (χ1v) is 11.3. The van der Waals surface area contributed by atoms with Gasteiger partial charge in [0, 0.05) is 68.2 Å². The average Bonchev–Trinajstić information content (AvgIpc) is 3.48. The molecule has 0 bridgehead atoms. The number of rotatable bonds is 7. The number of aryl methyl sites for hydroxylation is 3. The van der Waals surface area contributed by atoms with E-state index in [4.69, 9.17) is 4.42 Å². The number of nitrogens with one attached hydrogen (secondary N) is 1. The van der Waals surface area contributed by atoms with E-state index in [2.05, 4.69) is 32.2 Å². The molecule has 1 aliphatic heterocycles. The van der Waals surface area contributed by atoms with Crippen LogP contribution in [0.4, 0.5) is 10.1 Å². The van der Waals surface area contributed by atoms with Crippen LogP contribution in [0.15, 0.2) is 59.1 Å². The first-order chi connectivity index (χ1) is 16.2. The highest BCUT2D eigenvalue weighted by molar-refractivity contribution is 5.83. The first kappa shape index (κ1) is 21.2. The molecule has 1 fully saturated rings. The molecular weight excluding hydrogens is 421 g/mol. The van der Waals surface area contributed by atoms with Crippen molar-refractivity contribution in [3.8, 4) is 0 Å². The molecule has 5 rings (SSSR count). The Labute approximate surface area is 191 Å². The molecule has 4 aromatic rings. The van der Waals surface area contributed by atoms with Gasteiger partial charge in [-0.1, -0.05) is 18.2 Å². The van der Waals surface area contributed by atoms with Gasteiger partial charge < -0.3 is 19.2 Å². The van der Waals surface area contributed by atoms with Crippen LogP contribution in [0.2, 0.25) is 0 Å². The van der Waals surface area contributed by atoms with Crippen molar-refractivity contribution in [2.24, 2.45) is 0 Å². The number of piperazine rings is 1. The number of benzene rings is 2. The summed E-state index contributed by atoms with van der Waals surface area (Å²) >= 11 is 0. The van der Waals surface area contributed by atoms with Crippen LogP contribution in [-0.4, -0.2) is 52.2 Å². The third-order valence-corrected chi connectivity index (χ3v) is 6.17. The molecule has 33 heavy (non-hydrogen) atoms. The Morgan fingerprint density at radius 3 is 2.45 bits per heavy atom. The van der Waals surface area contributed by atoms with Crippen LogP contribution in [0.5, 0.6) is 0 Å². The predicted octanol–water partition coefficient (Wildman–Crippen LogP) is 3.76. The maximum atomic E-state index is 13.1. The minimum Gasteiger partial charge on any atom is -0.425 e. The number of para-hydroxylation sites is 1. The summed E-state index contributed by atoms with van der Waals surface area (Å²) in [5.74, 6) is 0.944. The minimum absolute atomic E-state index is 0.0901. The molecule has 1 amide bonds. The van der Waals surface area contributed by atoms with Crippen LogP contribution < -0.4 is 4.90 Å². The van der Waals surface area contributed by atoms with Gasteiger partial charge in [0.05, 0.1) is 0 Å². The van der Waals surface area contributed by atoms with Crippen molar-refractivity contribution >= 4 is 22.5 Å². The van der Waals surface area contributed by atoms with E-state index in [0.717, 1.165) is 30.7 Å². The van der Waals surface area contributed by atoms with Gasteiger partial charge >= 0.3 is 0 Å². The summed E-state index contributed by atoms with van der Waals surface area (Å²) in [5, 5.41) is 9.48. The average molecular weight is 448 g/mol. The van der Waals surface area contributed by atoms with Gasteiger partial charge in [0.15, 0.2) is 0 Å². The molecule has 7 nitrogen and oxygen atoms in total. The molecule has 1 saturated heterocycles. The lowest BCUT2D eigenvalue weighted by atomic mass is 10.1. The molecule has 0 aliphatic carbocycles. The summed E-state index contributed by atoms with van der Waals surface area (Å²) in [6.45, 7) is 2.76. The molecule has 0 spiro atoms. The number of carbonyl (C=O) groups excluding carboxylic acids is 1. The van der Waals surface area contributed by atoms with Crippen LogP contribution in [0.25, 0.3) is 10.9 Å². The van der Waals surface area contributed by atoms with Gasteiger partial charge in [-0.3, -0.25) is 4.79 Å². The zero-order valence-electron chi connectivity index (χ0n) is 18.3. The monoisotopic (exact) mass is 447 g/mol. The van der Waals surface area contributed by atoms with Crippen LogP contribution in [0.3, 0.4) is 0 Å². The lowest BCUT2D eigenvalue weighted by Gasteiger charge is -2.36. The maximum Gasteiger partial charge on any atom is 0.223 e. The second-order valence-electron chi connectivity index (χ2n) is 8.29. The van der Waals surface area contributed by atoms with E-state index in [9.17, 15) is 9.18 Å². The number of aromatic nitrogens is 3. The summed E-state index contributed by atoms with van der Waals surface area (Å²) in [4.78, 5) is 20.0. The van der Waals surface area contributed by atoms with Gasteiger partial charge in [-0.25, -0.2) is 4.39 Å². The molecular formula is C25H26FN5O2. The van der Waals surface area contributed by atoms with Crippen molar-refractivity contribution in [2.45, 2.75) is 25.7 Å². The Morgan fingerprint density at radius 1 is 0.939 bits per heavy atom. The number of carbonyl (C=O) groups is 1. The fourth-order valence-electron chi connectivity index (χ4n) is 4.31. The number of nitrogens with zero attached hydrogens (tertiary/aromatic N) is 4. The van der Waals surface area contributed by atoms with Crippen LogP contribution in [0, 0.1) is 5.82 Å². The smallest absolute Gasteiger partial charge is 0.223 e. The third kappa shape index (κ3) is 4.89. The molecule has 0 saturated carbocycles. The van der Waals surface area contributed by atoms with Crippen molar-refractivity contribution in [3.05, 3.63) is 77.9 Å². The summed E-state index contributed by atoms with van der Waals surface area (Å²) in [6, 6.07) is 14.7. The summed E-state index contributed by atoms with van der Waals surface area (Å²) < 4.78 is 18.9. The minimum atomic E-state index is -0.241. The van der Waals surface area contributed by atoms with Crippen molar-refractivity contribution in [1.82, 2.24) is 20.1 Å². The van der Waals surface area contributed by atoms with E-state index in [1.54, 1.807) is 12.1 Å². The number of fused-ring (bicyclic) bond motifs is 1. The summed E-state index contributed by atoms with van der Waals surface area (Å²) in [7, 11) is 0. The highest BCUT2D eigenvalue weighted by atomic mass is 19.1. The Bertz CT molecular complexity index is 1230. The molecule has 0 unspecified atom stereocenters. The molecule has 2 aromatic heterocycles. The number of hydrogen-bond donors (Lipinski definition) is 1. The second kappa shape index (κ2) is 9.44. The highest BCUT2D eigenvalue weighted by Crippen LogP contribution is 2.20. The lowest BCUT2D eigenvalue weighted by molar-refractivity contribution is -0.131. The number of hydrogen-bond acceptors (Lipinski definition) is 5. The van der Waals surface area contributed by atoms with Crippen molar-refractivity contribution in [3.63, 3.8) is 0 Å². The first-order valence-electron chi connectivity index (χ1n) is 11.3. The van der Waals surface area contributed by atoms with Gasteiger partial charge in [0.25, 0.3) is 0 Å². The van der Waals surface area contributed by atoms with Crippen molar-refractivity contribution < 1.29 is 13.6 Å². The van der Waals surface area contributed by atoms with E-state index < -0.39 is 0 Å². The molecule has 1 aliphatic rings. The van der Waals surface area contributed by atoms with E-state index >= 15 is 0 Å². The molecule has 2 aromatic carbocycles. The second-order valence-corrected chi connectivity index (χ2v) is 8.29. The van der Waals surface area contributed by atoms with Crippen molar-refractivity contribution in [2.75, 3.05) is 31.1 Å². The number of amides is 1. The van der Waals surface area contributed by atoms with Crippen LogP contribution in [0.1, 0.15) is 23.8 Å². The van der Waals surface area contributed by atoms with Gasteiger partial charge in [0.2, 0.25) is 17.7 Å².